The SMILES string of the molecule is CSCCNCC(O)Cn1cc2c(n1)CCc1c-2sc2ncnc(Nc3ccc(OCc4cccc(F)c4)c(C)c3)c12. The third kappa shape index (κ3) is 6.29. The lowest BCUT2D eigenvalue weighted by atomic mass is 9.95. The molecule has 11 heteroatoms. The van der Waals surface area contributed by atoms with Gasteiger partial charge in [-0.15, -0.1) is 11.3 Å². The van der Waals surface area contributed by atoms with Crippen molar-refractivity contribution in [3.8, 4) is 16.2 Å². The molecule has 0 saturated carbocycles. The van der Waals surface area contributed by atoms with E-state index in [2.05, 4.69) is 33.1 Å². The predicted molar refractivity (Wildman–Crippen MR) is 168 cm³/mol. The van der Waals surface area contributed by atoms with Gasteiger partial charge in [-0.3, -0.25) is 4.68 Å². The van der Waals surface area contributed by atoms with E-state index < -0.39 is 6.10 Å². The number of fused-ring (bicyclic) bond motifs is 5. The smallest absolute Gasteiger partial charge is 0.142 e. The molecule has 6 rings (SSSR count). The van der Waals surface area contributed by atoms with Gasteiger partial charge in [0.2, 0.25) is 0 Å². The number of aliphatic hydroxyl groups is 1. The van der Waals surface area contributed by atoms with Gasteiger partial charge in [-0.2, -0.15) is 16.9 Å². The Hall–Kier alpha value is -3.51. The molecule has 0 bridgehead atoms. The monoisotopic (exact) mass is 604 g/mol. The van der Waals surface area contributed by atoms with Gasteiger partial charge in [-0.05, 0) is 73.0 Å². The van der Waals surface area contributed by atoms with Crippen LogP contribution in [0.3, 0.4) is 0 Å². The summed E-state index contributed by atoms with van der Waals surface area (Å²) in [7, 11) is 0. The quantitative estimate of drug-likeness (QED) is 0.155. The van der Waals surface area contributed by atoms with Gasteiger partial charge in [-0.1, -0.05) is 12.1 Å². The lowest BCUT2D eigenvalue weighted by Crippen LogP contribution is -2.31. The number of halogens is 1. The number of benzene rings is 2. The highest BCUT2D eigenvalue weighted by Gasteiger charge is 2.26. The van der Waals surface area contributed by atoms with Crippen LogP contribution in [0.2, 0.25) is 0 Å². The average Bonchev–Trinajstić information content (AvgIpc) is 3.56. The summed E-state index contributed by atoms with van der Waals surface area (Å²) in [5.74, 6) is 2.27. The Bertz CT molecular complexity index is 1700. The van der Waals surface area contributed by atoms with E-state index in [1.807, 2.05) is 35.9 Å². The van der Waals surface area contributed by atoms with E-state index in [4.69, 9.17) is 9.84 Å². The van der Waals surface area contributed by atoms with Crippen molar-refractivity contribution in [2.24, 2.45) is 0 Å². The number of hydrogen-bond donors (Lipinski definition) is 3. The van der Waals surface area contributed by atoms with Crippen LogP contribution in [-0.4, -0.2) is 56.1 Å². The van der Waals surface area contributed by atoms with E-state index in [0.717, 1.165) is 75.0 Å². The Balaban J connectivity index is 1.19. The first-order valence-corrected chi connectivity index (χ1v) is 16.1. The minimum absolute atomic E-state index is 0.270. The molecular formula is C31H33FN6O2S2. The van der Waals surface area contributed by atoms with Crippen molar-refractivity contribution >= 4 is 44.8 Å². The third-order valence-corrected chi connectivity index (χ3v) is 9.05. The van der Waals surface area contributed by atoms with Gasteiger partial charge in [-0.25, -0.2) is 14.4 Å². The van der Waals surface area contributed by atoms with Gasteiger partial charge in [0.25, 0.3) is 0 Å². The van der Waals surface area contributed by atoms with Crippen molar-refractivity contribution in [2.75, 3.05) is 30.4 Å². The van der Waals surface area contributed by atoms with Crippen molar-refractivity contribution in [2.45, 2.75) is 39.0 Å². The molecule has 0 spiro atoms. The number of aliphatic hydroxyl groups excluding tert-OH is 1. The number of rotatable bonds is 12. The fourth-order valence-corrected chi connectivity index (χ4v) is 6.82. The predicted octanol–water partition coefficient (Wildman–Crippen LogP) is 5.74. The van der Waals surface area contributed by atoms with Gasteiger partial charge in [0, 0.05) is 41.2 Å². The molecule has 0 fully saturated rings. The molecule has 8 nitrogen and oxygen atoms in total. The number of nitrogens with zero attached hydrogens (tertiary/aromatic N) is 4. The highest BCUT2D eigenvalue weighted by molar-refractivity contribution is 7.98. The summed E-state index contributed by atoms with van der Waals surface area (Å²) in [6.07, 6.45) is 6.91. The molecule has 3 N–H and O–H groups in total. The molecule has 42 heavy (non-hydrogen) atoms. The Kier molecular flexibility index (Phi) is 8.71. The molecule has 3 heterocycles. The standard InChI is InChI=1S/C31H33FN6O2S2/c1-19-12-22(6-9-27(19)40-17-20-4-3-5-21(32)13-20)36-30-28-24-7-8-26-25(29(24)42-31(28)35-18-34-30)16-38(37-26)15-23(39)14-33-10-11-41-2/h3-6,9,12-13,16,18,23,33,39H,7-8,10-11,14-15,17H2,1-2H3,(H,34,35,36). The van der Waals surface area contributed by atoms with Gasteiger partial charge in [0.1, 0.15) is 35.1 Å². The summed E-state index contributed by atoms with van der Waals surface area (Å²) >= 11 is 3.45. The molecule has 1 unspecified atom stereocenters. The van der Waals surface area contributed by atoms with Gasteiger partial charge < -0.3 is 20.5 Å². The molecule has 1 aliphatic rings. The molecule has 0 radical (unpaired) electrons. The van der Waals surface area contributed by atoms with E-state index in [9.17, 15) is 9.50 Å². The number of aromatic nitrogens is 4. The lowest BCUT2D eigenvalue weighted by molar-refractivity contribution is 0.147. The number of hydrogen-bond acceptors (Lipinski definition) is 9. The van der Waals surface area contributed by atoms with E-state index in [-0.39, 0.29) is 5.82 Å². The minimum Gasteiger partial charge on any atom is -0.489 e. The van der Waals surface area contributed by atoms with Crippen LogP contribution in [-0.2, 0) is 26.0 Å². The zero-order chi connectivity index (χ0) is 29.1. The maximum atomic E-state index is 13.5. The van der Waals surface area contributed by atoms with Crippen LogP contribution >= 0.6 is 23.1 Å². The maximum Gasteiger partial charge on any atom is 0.142 e. The van der Waals surface area contributed by atoms with Gasteiger partial charge >= 0.3 is 0 Å². The second kappa shape index (κ2) is 12.8. The zero-order valence-corrected chi connectivity index (χ0v) is 25.2. The molecule has 1 aliphatic carbocycles. The van der Waals surface area contributed by atoms with Gasteiger partial charge in [0.15, 0.2) is 0 Å². The average molecular weight is 605 g/mol. The molecule has 0 amide bonds. The zero-order valence-electron chi connectivity index (χ0n) is 23.6. The largest absolute Gasteiger partial charge is 0.489 e. The first-order chi connectivity index (χ1) is 20.5. The second-order valence-corrected chi connectivity index (χ2v) is 12.4. The molecule has 1 atom stereocenters. The van der Waals surface area contributed by atoms with Crippen LogP contribution in [0.4, 0.5) is 15.9 Å². The van der Waals surface area contributed by atoms with Crippen LogP contribution in [0.15, 0.2) is 55.0 Å². The molecule has 3 aromatic heterocycles. The van der Waals surface area contributed by atoms with Gasteiger partial charge in [0.05, 0.1) is 23.7 Å². The maximum absolute atomic E-state index is 13.5. The van der Waals surface area contributed by atoms with E-state index in [1.54, 1.807) is 35.5 Å². The number of aryl methyl sites for hydroxylation is 3. The Morgan fingerprint density at radius 2 is 2.10 bits per heavy atom. The highest BCUT2D eigenvalue weighted by atomic mass is 32.2. The normalized spacial score (nSPS) is 13.1. The van der Waals surface area contributed by atoms with Crippen molar-refractivity contribution in [3.05, 3.63) is 83.2 Å². The van der Waals surface area contributed by atoms with Crippen LogP contribution in [0, 0.1) is 12.7 Å². The summed E-state index contributed by atoms with van der Waals surface area (Å²) in [5.41, 5.74) is 6.05. The number of ether oxygens (including phenoxy) is 1. The molecule has 0 aliphatic heterocycles. The number of anilines is 2. The number of nitrogens with one attached hydrogen (secondary N) is 2. The fourth-order valence-electron chi connectivity index (χ4n) is 5.25. The lowest BCUT2D eigenvalue weighted by Gasteiger charge is -2.14. The van der Waals surface area contributed by atoms with Crippen molar-refractivity contribution in [3.63, 3.8) is 0 Å². The topological polar surface area (TPSA) is 97.1 Å². The molecule has 0 saturated heterocycles. The van der Waals surface area contributed by atoms with Crippen molar-refractivity contribution in [1.29, 1.82) is 0 Å². The number of thiophene rings is 1. The summed E-state index contributed by atoms with van der Waals surface area (Å²) in [5, 5.41) is 23.1. The molecular weight excluding hydrogens is 572 g/mol. The molecule has 2 aromatic carbocycles. The highest BCUT2D eigenvalue weighted by Crippen LogP contribution is 2.45. The van der Waals surface area contributed by atoms with Crippen LogP contribution in [0.5, 0.6) is 5.75 Å². The first-order valence-electron chi connectivity index (χ1n) is 13.9. The molecule has 5 aromatic rings. The second-order valence-electron chi connectivity index (χ2n) is 10.4. The van der Waals surface area contributed by atoms with E-state index in [0.29, 0.717) is 19.7 Å². The Morgan fingerprint density at radius 3 is 2.93 bits per heavy atom. The Labute approximate surface area is 252 Å². The van der Waals surface area contributed by atoms with Crippen LogP contribution in [0.25, 0.3) is 20.7 Å². The summed E-state index contributed by atoms with van der Waals surface area (Å²) < 4.78 is 21.3. The number of thioether (sulfide) groups is 1. The Morgan fingerprint density at radius 1 is 1.19 bits per heavy atom. The minimum atomic E-state index is -0.502. The summed E-state index contributed by atoms with van der Waals surface area (Å²) in [6, 6.07) is 12.4. The van der Waals surface area contributed by atoms with Crippen LogP contribution < -0.4 is 15.4 Å². The third-order valence-electron chi connectivity index (χ3n) is 7.26. The summed E-state index contributed by atoms with van der Waals surface area (Å²) in [6.45, 7) is 4.16. The van der Waals surface area contributed by atoms with Crippen molar-refractivity contribution in [1.82, 2.24) is 25.1 Å². The molecule has 218 valence electrons. The first kappa shape index (κ1) is 28.6. The van der Waals surface area contributed by atoms with E-state index >= 15 is 0 Å². The van der Waals surface area contributed by atoms with Crippen molar-refractivity contribution < 1.29 is 14.2 Å². The van der Waals surface area contributed by atoms with Crippen LogP contribution in [0.1, 0.15) is 22.4 Å². The fraction of sp³-hybridized carbons (Fsp3) is 0.323. The summed E-state index contributed by atoms with van der Waals surface area (Å²) in [4.78, 5) is 11.3. The van der Waals surface area contributed by atoms with E-state index in [1.165, 1.54) is 22.6 Å².